The minimum absolute atomic E-state index is 0.0336. The smallest absolute Gasteiger partial charge is 0.127 e. The zero-order chi connectivity index (χ0) is 17.2. The van der Waals surface area contributed by atoms with E-state index in [0.717, 1.165) is 28.3 Å². The van der Waals surface area contributed by atoms with Crippen LogP contribution in [0.4, 0.5) is 0 Å². The van der Waals surface area contributed by atoms with Crippen LogP contribution < -0.4 is 0 Å². The molecule has 0 radical (unpaired) electrons. The maximum absolute atomic E-state index is 9.61. The van der Waals surface area contributed by atoms with Crippen LogP contribution >= 0.6 is 11.3 Å². The van der Waals surface area contributed by atoms with E-state index in [1.807, 2.05) is 13.0 Å². The van der Waals surface area contributed by atoms with Crippen molar-refractivity contribution >= 4 is 21.6 Å². The number of fused-ring (bicyclic) bond motifs is 1. The molecule has 1 N–H and O–H groups in total. The second-order valence-electron chi connectivity index (χ2n) is 6.29. The first kappa shape index (κ1) is 16.6. The predicted molar refractivity (Wildman–Crippen MR) is 99.7 cm³/mol. The van der Waals surface area contributed by atoms with E-state index in [9.17, 15) is 5.11 Å². The SMILES string of the molecule is Cc1nc(CN2CCOC[C@@H]2CO)c2cc(-c3ccccc3)sc2n1. The van der Waals surface area contributed by atoms with Gasteiger partial charge in [-0.2, -0.15) is 0 Å². The minimum Gasteiger partial charge on any atom is -0.395 e. The summed E-state index contributed by atoms with van der Waals surface area (Å²) in [5.74, 6) is 0.790. The largest absolute Gasteiger partial charge is 0.395 e. The highest BCUT2D eigenvalue weighted by Crippen LogP contribution is 2.34. The van der Waals surface area contributed by atoms with Crippen molar-refractivity contribution in [3.05, 3.63) is 47.9 Å². The van der Waals surface area contributed by atoms with E-state index in [-0.39, 0.29) is 12.6 Å². The third-order valence-electron chi connectivity index (χ3n) is 4.55. The third kappa shape index (κ3) is 3.43. The molecule has 1 atom stereocenters. The molecule has 1 aromatic carbocycles. The number of morpholine rings is 1. The predicted octanol–water partition coefficient (Wildman–Crippen LogP) is 2.86. The van der Waals surface area contributed by atoms with E-state index in [4.69, 9.17) is 9.72 Å². The highest BCUT2D eigenvalue weighted by atomic mass is 32.1. The Morgan fingerprint density at radius 1 is 1.28 bits per heavy atom. The van der Waals surface area contributed by atoms with E-state index in [0.29, 0.717) is 19.8 Å². The number of aromatic nitrogens is 2. The lowest BCUT2D eigenvalue weighted by Crippen LogP contribution is -2.47. The lowest BCUT2D eigenvalue weighted by Gasteiger charge is -2.34. The summed E-state index contributed by atoms with van der Waals surface area (Å²) < 4.78 is 5.48. The highest BCUT2D eigenvalue weighted by Gasteiger charge is 2.24. The monoisotopic (exact) mass is 355 g/mol. The maximum atomic E-state index is 9.61. The van der Waals surface area contributed by atoms with E-state index >= 15 is 0 Å². The van der Waals surface area contributed by atoms with Crippen LogP contribution in [-0.2, 0) is 11.3 Å². The zero-order valence-electron chi connectivity index (χ0n) is 14.2. The van der Waals surface area contributed by atoms with Gasteiger partial charge in [-0.1, -0.05) is 30.3 Å². The lowest BCUT2D eigenvalue weighted by atomic mass is 10.1. The summed E-state index contributed by atoms with van der Waals surface area (Å²) in [5.41, 5.74) is 2.23. The fraction of sp³-hybridized carbons (Fsp3) is 0.368. The highest BCUT2D eigenvalue weighted by molar-refractivity contribution is 7.21. The summed E-state index contributed by atoms with van der Waals surface area (Å²) in [5, 5.41) is 10.7. The quantitative estimate of drug-likeness (QED) is 0.780. The number of aliphatic hydroxyl groups excluding tert-OH is 1. The molecule has 1 aliphatic rings. The molecule has 0 amide bonds. The molecule has 0 unspecified atom stereocenters. The van der Waals surface area contributed by atoms with Gasteiger partial charge in [-0.25, -0.2) is 9.97 Å². The van der Waals surface area contributed by atoms with Crippen molar-refractivity contribution in [2.75, 3.05) is 26.4 Å². The van der Waals surface area contributed by atoms with E-state index in [1.54, 1.807) is 11.3 Å². The fourth-order valence-corrected chi connectivity index (χ4v) is 4.33. The van der Waals surface area contributed by atoms with Crippen molar-refractivity contribution < 1.29 is 9.84 Å². The topological polar surface area (TPSA) is 58.5 Å². The van der Waals surface area contributed by atoms with Crippen LogP contribution in [0.3, 0.4) is 0 Å². The molecular formula is C19H21N3O2S. The van der Waals surface area contributed by atoms with Gasteiger partial charge in [-0.3, -0.25) is 4.90 Å². The number of rotatable bonds is 4. The normalized spacial score (nSPS) is 18.7. The molecule has 3 heterocycles. The number of aliphatic hydroxyl groups is 1. The van der Waals surface area contributed by atoms with Gasteiger partial charge in [0.1, 0.15) is 10.7 Å². The lowest BCUT2D eigenvalue weighted by molar-refractivity contribution is -0.0315. The van der Waals surface area contributed by atoms with Gasteiger partial charge >= 0.3 is 0 Å². The van der Waals surface area contributed by atoms with Crippen LogP contribution in [0.15, 0.2) is 36.4 Å². The number of hydrogen-bond acceptors (Lipinski definition) is 6. The summed E-state index contributed by atoms with van der Waals surface area (Å²) in [6, 6.07) is 12.6. The van der Waals surface area contributed by atoms with Crippen molar-refractivity contribution in [3.8, 4) is 10.4 Å². The van der Waals surface area contributed by atoms with Crippen LogP contribution in [-0.4, -0.2) is 52.4 Å². The molecule has 4 rings (SSSR count). The molecule has 130 valence electrons. The second-order valence-corrected chi connectivity index (χ2v) is 7.33. The zero-order valence-corrected chi connectivity index (χ0v) is 15.0. The molecule has 25 heavy (non-hydrogen) atoms. The Hall–Kier alpha value is -1.86. The van der Waals surface area contributed by atoms with Crippen LogP contribution in [0.1, 0.15) is 11.5 Å². The van der Waals surface area contributed by atoms with Gasteiger partial charge in [-0.15, -0.1) is 11.3 Å². The number of nitrogens with zero attached hydrogens (tertiary/aromatic N) is 3. The van der Waals surface area contributed by atoms with Crippen LogP contribution in [0.5, 0.6) is 0 Å². The first-order chi connectivity index (χ1) is 12.2. The second kappa shape index (κ2) is 7.17. The summed E-state index contributed by atoms with van der Waals surface area (Å²) in [6.07, 6.45) is 0. The van der Waals surface area contributed by atoms with Crippen LogP contribution in [0.2, 0.25) is 0 Å². The van der Waals surface area contributed by atoms with Gasteiger partial charge in [0, 0.05) is 23.4 Å². The molecule has 1 saturated heterocycles. The number of hydrogen-bond donors (Lipinski definition) is 1. The van der Waals surface area contributed by atoms with E-state index in [2.05, 4.69) is 40.2 Å². The summed E-state index contributed by atoms with van der Waals surface area (Å²) >= 11 is 1.70. The van der Waals surface area contributed by atoms with E-state index in [1.165, 1.54) is 10.4 Å². The fourth-order valence-electron chi connectivity index (χ4n) is 3.22. The van der Waals surface area contributed by atoms with Gasteiger partial charge in [0.25, 0.3) is 0 Å². The molecule has 1 aliphatic heterocycles. The Labute approximate surface area is 150 Å². The average Bonchev–Trinajstić information content (AvgIpc) is 3.07. The van der Waals surface area contributed by atoms with Crippen molar-refractivity contribution in [3.63, 3.8) is 0 Å². The van der Waals surface area contributed by atoms with Gasteiger partial charge in [0.05, 0.1) is 31.6 Å². The van der Waals surface area contributed by atoms with Crippen molar-refractivity contribution in [1.82, 2.24) is 14.9 Å². The molecule has 2 aromatic heterocycles. The summed E-state index contributed by atoms with van der Waals surface area (Å²) in [6.45, 7) is 4.83. The summed E-state index contributed by atoms with van der Waals surface area (Å²) in [4.78, 5) is 13.8. The average molecular weight is 355 g/mol. The van der Waals surface area contributed by atoms with E-state index < -0.39 is 0 Å². The molecule has 6 heteroatoms. The molecule has 0 aliphatic carbocycles. The third-order valence-corrected chi connectivity index (χ3v) is 5.63. The maximum Gasteiger partial charge on any atom is 0.127 e. The molecular weight excluding hydrogens is 334 g/mol. The van der Waals surface area contributed by atoms with Crippen LogP contribution in [0, 0.1) is 6.92 Å². The van der Waals surface area contributed by atoms with Gasteiger partial charge in [0.2, 0.25) is 0 Å². The van der Waals surface area contributed by atoms with Crippen molar-refractivity contribution in [2.24, 2.45) is 0 Å². The Bertz CT molecular complexity index is 866. The molecule has 3 aromatic rings. The first-order valence-corrected chi connectivity index (χ1v) is 9.31. The molecule has 1 fully saturated rings. The number of thiophene rings is 1. The number of benzene rings is 1. The number of aryl methyl sites for hydroxylation is 1. The van der Waals surface area contributed by atoms with Gasteiger partial charge in [0.15, 0.2) is 0 Å². The van der Waals surface area contributed by atoms with Crippen molar-refractivity contribution in [1.29, 1.82) is 0 Å². The van der Waals surface area contributed by atoms with Gasteiger partial charge < -0.3 is 9.84 Å². The Morgan fingerprint density at radius 3 is 2.92 bits per heavy atom. The minimum atomic E-state index is 0.0336. The number of ether oxygens (including phenoxy) is 1. The Kier molecular flexibility index (Phi) is 4.76. The molecule has 5 nitrogen and oxygen atoms in total. The Morgan fingerprint density at radius 2 is 2.12 bits per heavy atom. The van der Waals surface area contributed by atoms with Crippen LogP contribution in [0.25, 0.3) is 20.7 Å². The molecule has 0 bridgehead atoms. The van der Waals surface area contributed by atoms with Crippen molar-refractivity contribution in [2.45, 2.75) is 19.5 Å². The molecule has 0 saturated carbocycles. The molecule has 0 spiro atoms. The van der Waals surface area contributed by atoms with Gasteiger partial charge in [-0.05, 0) is 18.6 Å². The Balaban J connectivity index is 1.72. The first-order valence-electron chi connectivity index (χ1n) is 8.49. The standard InChI is InChI=1S/C19H21N3O2S/c1-13-20-17(10-22-7-8-24-12-15(22)11-23)16-9-18(25-19(16)21-13)14-5-3-2-4-6-14/h2-6,9,15,23H,7-8,10-12H2,1H3/t15-/m0/s1. The summed E-state index contributed by atoms with van der Waals surface area (Å²) in [7, 11) is 0.